The van der Waals surface area contributed by atoms with E-state index in [1.807, 2.05) is 0 Å². The topological polar surface area (TPSA) is 115 Å². The van der Waals surface area contributed by atoms with Crippen LogP contribution in [0.25, 0.3) is 0 Å². The summed E-state index contributed by atoms with van der Waals surface area (Å²) in [6.45, 7) is 2.22. The zero-order valence-corrected chi connectivity index (χ0v) is 10.4. The lowest BCUT2D eigenvalue weighted by atomic mass is 10.1. The highest BCUT2D eigenvalue weighted by Gasteiger charge is 2.33. The number of carbonyl (C=O) groups is 2. The number of aromatic nitrogens is 3. The lowest BCUT2D eigenvalue weighted by Gasteiger charge is -2.17. The molecule has 1 fully saturated rings. The fourth-order valence-electron chi connectivity index (χ4n) is 2.23. The lowest BCUT2D eigenvalue weighted by Crippen LogP contribution is -2.23. The quantitative estimate of drug-likeness (QED) is 0.814. The molecule has 1 saturated heterocycles. The van der Waals surface area contributed by atoms with Gasteiger partial charge < -0.3 is 14.9 Å². The Morgan fingerprint density at radius 3 is 2.74 bits per heavy atom. The van der Waals surface area contributed by atoms with E-state index in [2.05, 4.69) is 10.3 Å². The van der Waals surface area contributed by atoms with E-state index in [0.717, 1.165) is 6.42 Å². The number of carboxylic acids is 2. The summed E-state index contributed by atoms with van der Waals surface area (Å²) >= 11 is 0. The maximum atomic E-state index is 11.2. The average Bonchev–Trinajstić information content (AvgIpc) is 2.96. The second-order valence-corrected chi connectivity index (χ2v) is 4.34. The van der Waals surface area contributed by atoms with Crippen molar-refractivity contribution in [1.82, 2.24) is 15.0 Å². The number of aliphatic carboxylic acids is 1. The highest BCUT2D eigenvalue weighted by molar-refractivity contribution is 5.86. The van der Waals surface area contributed by atoms with Crippen LogP contribution in [0.4, 0.5) is 0 Å². The van der Waals surface area contributed by atoms with Gasteiger partial charge in [-0.05, 0) is 19.3 Å². The number of hydrogen-bond donors (Lipinski definition) is 2. The summed E-state index contributed by atoms with van der Waals surface area (Å²) < 4.78 is 6.61. The van der Waals surface area contributed by atoms with Gasteiger partial charge in [-0.15, -0.1) is 5.10 Å². The first-order chi connectivity index (χ1) is 9.06. The summed E-state index contributed by atoms with van der Waals surface area (Å²) in [7, 11) is 0. The molecule has 8 nitrogen and oxygen atoms in total. The molecule has 0 radical (unpaired) electrons. The first-order valence-corrected chi connectivity index (χ1v) is 6.09. The molecular weight excluding hydrogens is 254 g/mol. The van der Waals surface area contributed by atoms with E-state index in [1.165, 1.54) is 4.68 Å². The molecule has 0 saturated carbocycles. The third kappa shape index (κ3) is 2.43. The van der Waals surface area contributed by atoms with Gasteiger partial charge in [-0.3, -0.25) is 0 Å². The minimum atomic E-state index is -1.23. The number of carboxylic acid groups (broad SMARTS) is 2. The molecule has 0 aliphatic carbocycles. The minimum absolute atomic E-state index is 0.230. The molecule has 2 heterocycles. The van der Waals surface area contributed by atoms with Gasteiger partial charge >= 0.3 is 11.9 Å². The SMILES string of the molecule is CCC(C(=O)O)n1nnc(C(=O)O)c1C1CCCO1. The molecule has 2 unspecified atom stereocenters. The van der Waals surface area contributed by atoms with Crippen molar-refractivity contribution in [2.24, 2.45) is 0 Å². The zero-order chi connectivity index (χ0) is 14.0. The largest absolute Gasteiger partial charge is 0.480 e. The van der Waals surface area contributed by atoms with Crippen LogP contribution in [0.3, 0.4) is 0 Å². The van der Waals surface area contributed by atoms with Crippen LogP contribution in [-0.2, 0) is 9.53 Å². The van der Waals surface area contributed by atoms with E-state index < -0.39 is 24.1 Å². The third-order valence-corrected chi connectivity index (χ3v) is 3.13. The third-order valence-electron chi connectivity index (χ3n) is 3.13. The summed E-state index contributed by atoms with van der Waals surface area (Å²) in [5, 5.41) is 25.6. The maximum absolute atomic E-state index is 11.2. The number of aromatic carboxylic acids is 1. The molecule has 1 aromatic rings. The van der Waals surface area contributed by atoms with E-state index in [4.69, 9.17) is 14.9 Å². The van der Waals surface area contributed by atoms with E-state index in [-0.39, 0.29) is 17.8 Å². The summed E-state index contributed by atoms with van der Waals surface area (Å²) in [4.78, 5) is 22.4. The van der Waals surface area contributed by atoms with Crippen LogP contribution < -0.4 is 0 Å². The van der Waals surface area contributed by atoms with E-state index in [1.54, 1.807) is 6.92 Å². The van der Waals surface area contributed by atoms with Crippen molar-refractivity contribution in [2.45, 2.75) is 38.3 Å². The van der Waals surface area contributed by atoms with E-state index >= 15 is 0 Å². The predicted octanol–water partition coefficient (Wildman–Crippen LogP) is 0.863. The Bertz CT molecular complexity index is 493. The van der Waals surface area contributed by atoms with Crippen molar-refractivity contribution in [3.05, 3.63) is 11.4 Å². The minimum Gasteiger partial charge on any atom is -0.480 e. The number of nitrogens with zero attached hydrogens (tertiary/aromatic N) is 3. The van der Waals surface area contributed by atoms with Crippen molar-refractivity contribution >= 4 is 11.9 Å². The first-order valence-electron chi connectivity index (χ1n) is 6.09. The maximum Gasteiger partial charge on any atom is 0.358 e. The fourth-order valence-corrected chi connectivity index (χ4v) is 2.23. The van der Waals surface area contributed by atoms with Gasteiger partial charge in [0.05, 0.1) is 0 Å². The molecule has 0 spiro atoms. The normalized spacial score (nSPS) is 20.4. The van der Waals surface area contributed by atoms with Crippen LogP contribution in [0.5, 0.6) is 0 Å². The number of ether oxygens (including phenoxy) is 1. The molecule has 2 rings (SSSR count). The zero-order valence-electron chi connectivity index (χ0n) is 10.4. The Balaban J connectivity index is 2.48. The second-order valence-electron chi connectivity index (χ2n) is 4.34. The molecular formula is C11H15N3O5. The standard InChI is InChI=1S/C11H15N3O5/c1-2-6(10(15)16)14-9(7-4-3-5-19-7)8(11(17)18)12-13-14/h6-7H,2-5H2,1H3,(H,15,16)(H,17,18). The highest BCUT2D eigenvalue weighted by Crippen LogP contribution is 2.32. The van der Waals surface area contributed by atoms with Gasteiger partial charge in [0.15, 0.2) is 11.7 Å². The second kappa shape index (κ2) is 5.35. The van der Waals surface area contributed by atoms with Crippen LogP contribution in [0.15, 0.2) is 0 Å². The summed E-state index contributed by atoms with van der Waals surface area (Å²) in [5.74, 6) is -2.29. The van der Waals surface area contributed by atoms with Gasteiger partial charge in [-0.25, -0.2) is 14.3 Å². The van der Waals surface area contributed by atoms with Crippen molar-refractivity contribution < 1.29 is 24.5 Å². The molecule has 19 heavy (non-hydrogen) atoms. The fraction of sp³-hybridized carbons (Fsp3) is 0.636. The number of hydrogen-bond acceptors (Lipinski definition) is 5. The summed E-state index contributed by atoms with van der Waals surface area (Å²) in [6, 6.07) is -0.931. The van der Waals surface area contributed by atoms with Crippen molar-refractivity contribution in [3.8, 4) is 0 Å². The van der Waals surface area contributed by atoms with E-state index in [0.29, 0.717) is 13.0 Å². The molecule has 2 N–H and O–H groups in total. The Morgan fingerprint density at radius 1 is 1.53 bits per heavy atom. The van der Waals surface area contributed by atoms with Gasteiger partial charge in [0.25, 0.3) is 0 Å². The van der Waals surface area contributed by atoms with Crippen LogP contribution in [-0.4, -0.2) is 43.8 Å². The highest BCUT2D eigenvalue weighted by atomic mass is 16.5. The van der Waals surface area contributed by atoms with Gasteiger partial charge in [0.1, 0.15) is 11.8 Å². The van der Waals surface area contributed by atoms with Crippen molar-refractivity contribution in [3.63, 3.8) is 0 Å². The lowest BCUT2D eigenvalue weighted by molar-refractivity contribution is -0.141. The summed E-state index contributed by atoms with van der Waals surface area (Å²) in [5.41, 5.74) is 0.0193. The van der Waals surface area contributed by atoms with Crippen LogP contribution in [0.1, 0.15) is 54.5 Å². The van der Waals surface area contributed by atoms with Gasteiger partial charge in [0.2, 0.25) is 0 Å². The molecule has 8 heteroatoms. The molecule has 0 aromatic carbocycles. The molecule has 104 valence electrons. The molecule has 1 aliphatic heterocycles. The molecule has 0 bridgehead atoms. The smallest absolute Gasteiger partial charge is 0.358 e. The molecule has 1 aliphatic rings. The van der Waals surface area contributed by atoms with Crippen LogP contribution >= 0.6 is 0 Å². The monoisotopic (exact) mass is 269 g/mol. The van der Waals surface area contributed by atoms with Gasteiger partial charge in [-0.2, -0.15) is 0 Å². The van der Waals surface area contributed by atoms with Crippen molar-refractivity contribution in [1.29, 1.82) is 0 Å². The Hall–Kier alpha value is -1.96. The van der Waals surface area contributed by atoms with Crippen LogP contribution in [0.2, 0.25) is 0 Å². The average molecular weight is 269 g/mol. The van der Waals surface area contributed by atoms with E-state index in [9.17, 15) is 9.59 Å². The van der Waals surface area contributed by atoms with Gasteiger partial charge in [0, 0.05) is 6.61 Å². The Kier molecular flexibility index (Phi) is 3.79. The predicted molar refractivity (Wildman–Crippen MR) is 61.9 cm³/mol. The van der Waals surface area contributed by atoms with Crippen LogP contribution in [0, 0.1) is 0 Å². The Labute approximate surface area is 109 Å². The number of rotatable bonds is 5. The Morgan fingerprint density at radius 2 is 2.26 bits per heavy atom. The molecule has 2 atom stereocenters. The first kappa shape index (κ1) is 13.5. The summed E-state index contributed by atoms with van der Waals surface area (Å²) in [6.07, 6.45) is 1.29. The molecule has 0 amide bonds. The van der Waals surface area contributed by atoms with Crippen molar-refractivity contribution in [2.75, 3.05) is 6.61 Å². The molecule has 1 aromatic heterocycles. The van der Waals surface area contributed by atoms with Gasteiger partial charge in [-0.1, -0.05) is 12.1 Å².